The Labute approximate surface area is 212 Å². The lowest BCUT2D eigenvalue weighted by molar-refractivity contribution is -0.138. The molecule has 36 heavy (non-hydrogen) atoms. The molecule has 1 amide bonds. The first kappa shape index (κ1) is 26.1. The number of hydrogen-bond donors (Lipinski definition) is 1. The monoisotopic (exact) mass is 539 g/mol. The van der Waals surface area contributed by atoms with E-state index in [0.29, 0.717) is 31.9 Å². The number of amides is 1. The minimum atomic E-state index is -4.87. The Balaban J connectivity index is 1.72. The third kappa shape index (κ3) is 4.38. The lowest BCUT2D eigenvalue weighted by atomic mass is 9.75. The summed E-state index contributed by atoms with van der Waals surface area (Å²) in [4.78, 5) is 19.4. The zero-order chi connectivity index (χ0) is 26.4. The molecular formula is C23H21F4N5O2S2. The van der Waals surface area contributed by atoms with Gasteiger partial charge in [0, 0.05) is 12.2 Å². The molecule has 1 aromatic carbocycles. The number of hydrogen-bond acceptors (Lipinski definition) is 5. The molecule has 4 rings (SSSR count). The Bertz CT molecular complexity index is 1300. The number of nitrogens with zero attached hydrogens (tertiary/aromatic N) is 4. The first-order valence-electron chi connectivity index (χ1n) is 11.0. The van der Waals surface area contributed by atoms with E-state index in [-0.39, 0.29) is 27.3 Å². The van der Waals surface area contributed by atoms with Gasteiger partial charge in [-0.2, -0.15) is 18.4 Å². The largest absolute Gasteiger partial charge is 0.419 e. The zero-order valence-electron chi connectivity index (χ0n) is 19.2. The van der Waals surface area contributed by atoms with Gasteiger partial charge in [0.25, 0.3) is 5.91 Å². The van der Waals surface area contributed by atoms with E-state index in [1.54, 1.807) is 0 Å². The Morgan fingerprint density at radius 3 is 2.50 bits per heavy atom. The van der Waals surface area contributed by atoms with Crippen LogP contribution in [0.5, 0.6) is 0 Å². The Kier molecular flexibility index (Phi) is 6.89. The maximum absolute atomic E-state index is 15.0. The highest BCUT2D eigenvalue weighted by Crippen LogP contribution is 2.48. The Hall–Kier alpha value is -2.95. The van der Waals surface area contributed by atoms with Crippen molar-refractivity contribution in [3.05, 3.63) is 47.5 Å². The van der Waals surface area contributed by atoms with Gasteiger partial charge in [-0.15, -0.1) is 0 Å². The fraction of sp³-hybridized carbons (Fsp3) is 0.391. The van der Waals surface area contributed by atoms with Crippen molar-refractivity contribution in [2.24, 2.45) is 5.92 Å². The number of aromatic nitrogens is 1. The normalized spacial score (nSPS) is 18.1. The van der Waals surface area contributed by atoms with Crippen LogP contribution in [-0.2, 0) is 22.0 Å². The molecule has 0 bridgehead atoms. The van der Waals surface area contributed by atoms with Gasteiger partial charge in [-0.25, -0.2) is 18.3 Å². The van der Waals surface area contributed by atoms with Crippen molar-refractivity contribution in [2.45, 2.75) is 49.7 Å². The molecule has 1 N–H and O–H groups in total. The Morgan fingerprint density at radius 2 is 1.97 bits per heavy atom. The summed E-state index contributed by atoms with van der Waals surface area (Å²) in [6, 6.07) is 6.00. The first-order chi connectivity index (χ1) is 16.9. The molecule has 1 saturated carbocycles. The molecule has 190 valence electrons. The van der Waals surface area contributed by atoms with Crippen LogP contribution in [0.3, 0.4) is 0 Å². The summed E-state index contributed by atoms with van der Waals surface area (Å²) < 4.78 is 70.7. The number of carbonyl (C=O) groups is 1. The summed E-state index contributed by atoms with van der Waals surface area (Å²) >= 11 is 5.51. The van der Waals surface area contributed by atoms with E-state index in [0.717, 1.165) is 17.2 Å². The molecule has 1 unspecified atom stereocenters. The molecule has 2 fully saturated rings. The van der Waals surface area contributed by atoms with Crippen LogP contribution >= 0.6 is 12.2 Å². The summed E-state index contributed by atoms with van der Waals surface area (Å²) in [5, 5.41) is 8.89. The highest BCUT2D eigenvalue weighted by Gasteiger charge is 2.59. The summed E-state index contributed by atoms with van der Waals surface area (Å²) in [5.74, 6) is -1.13. The number of nitriles is 1. The maximum atomic E-state index is 15.0. The van der Waals surface area contributed by atoms with Crippen LogP contribution in [0.25, 0.3) is 0 Å². The molecule has 2 heterocycles. The van der Waals surface area contributed by atoms with Gasteiger partial charge in [-0.3, -0.25) is 9.69 Å². The molecular weight excluding hydrogens is 518 g/mol. The number of thiocarbonyl (C=S) groups is 1. The van der Waals surface area contributed by atoms with Gasteiger partial charge in [0.1, 0.15) is 28.4 Å². The van der Waals surface area contributed by atoms with Crippen molar-refractivity contribution in [1.29, 1.82) is 5.26 Å². The number of nitrogens with one attached hydrogen (secondary N) is 1. The van der Waals surface area contributed by atoms with E-state index in [9.17, 15) is 26.6 Å². The van der Waals surface area contributed by atoms with Gasteiger partial charge >= 0.3 is 6.18 Å². The van der Waals surface area contributed by atoms with E-state index >= 15 is 0 Å². The second-order valence-corrected chi connectivity index (χ2v) is 10.6. The van der Waals surface area contributed by atoms with Gasteiger partial charge in [-0.1, -0.05) is 13.8 Å². The standard InChI is InChI=1S/C23H21F4N5O2S2/c1-13(2)11-30-36(34)19-5-4-14(9-17(19)24)32-21(35)31(20(33)22(32)6-3-7-22)15-8-16(23(25,26)27)18(10-28)29-12-15/h4-5,8-9,12-13,30H,3,6-7,11H2,1-2H3. The maximum Gasteiger partial charge on any atom is 0.419 e. The fourth-order valence-corrected chi connectivity index (χ4v) is 5.72. The number of benzene rings is 1. The second kappa shape index (κ2) is 9.49. The van der Waals surface area contributed by atoms with Crippen molar-refractivity contribution in [3.63, 3.8) is 0 Å². The Morgan fingerprint density at radius 1 is 1.28 bits per heavy atom. The van der Waals surface area contributed by atoms with Gasteiger partial charge < -0.3 is 4.90 Å². The van der Waals surface area contributed by atoms with Crippen molar-refractivity contribution in [3.8, 4) is 6.07 Å². The van der Waals surface area contributed by atoms with Gasteiger partial charge in [0.2, 0.25) is 0 Å². The molecule has 1 aliphatic heterocycles. The first-order valence-corrected chi connectivity index (χ1v) is 12.6. The molecule has 2 aromatic rings. The lowest BCUT2D eigenvalue weighted by Gasteiger charge is -2.43. The number of anilines is 2. The number of carbonyl (C=O) groups excluding carboxylic acids is 1. The average Bonchev–Trinajstić information content (AvgIpc) is 3.03. The molecule has 2 aliphatic rings. The minimum Gasteiger partial charge on any atom is -0.303 e. The van der Waals surface area contributed by atoms with Gasteiger partial charge in [0.15, 0.2) is 10.8 Å². The molecule has 1 aliphatic carbocycles. The van der Waals surface area contributed by atoms with Crippen LogP contribution in [0.4, 0.5) is 28.9 Å². The van der Waals surface area contributed by atoms with Crippen molar-refractivity contribution < 1.29 is 26.6 Å². The second-order valence-electron chi connectivity index (χ2n) is 8.97. The van der Waals surface area contributed by atoms with Crippen LogP contribution in [0.1, 0.15) is 44.4 Å². The molecule has 0 radical (unpaired) electrons. The quantitative estimate of drug-likeness (QED) is 0.431. The van der Waals surface area contributed by atoms with Crippen molar-refractivity contribution >= 4 is 45.6 Å². The van der Waals surface area contributed by atoms with Gasteiger partial charge in [-0.05, 0) is 61.7 Å². The molecule has 13 heteroatoms. The number of pyridine rings is 1. The zero-order valence-corrected chi connectivity index (χ0v) is 20.9. The predicted molar refractivity (Wildman–Crippen MR) is 129 cm³/mol. The third-order valence-corrected chi connectivity index (χ3v) is 7.66. The van der Waals surface area contributed by atoms with Crippen LogP contribution in [0.2, 0.25) is 0 Å². The van der Waals surface area contributed by atoms with E-state index in [1.807, 2.05) is 13.8 Å². The summed E-state index contributed by atoms with van der Waals surface area (Å²) in [5.41, 5.74) is -3.30. The summed E-state index contributed by atoms with van der Waals surface area (Å²) in [7, 11) is -1.79. The fourth-order valence-electron chi connectivity index (χ4n) is 4.19. The smallest absolute Gasteiger partial charge is 0.303 e. The van der Waals surface area contributed by atoms with Crippen LogP contribution < -0.4 is 14.5 Å². The summed E-state index contributed by atoms with van der Waals surface area (Å²) in [6.07, 6.45) is -2.49. The van der Waals surface area contributed by atoms with Crippen LogP contribution in [0.15, 0.2) is 35.4 Å². The van der Waals surface area contributed by atoms with Crippen molar-refractivity contribution in [1.82, 2.24) is 9.71 Å². The highest BCUT2D eigenvalue weighted by molar-refractivity contribution is 7.83. The van der Waals surface area contributed by atoms with E-state index in [2.05, 4.69) is 9.71 Å². The molecule has 1 saturated heterocycles. The molecule has 7 nitrogen and oxygen atoms in total. The number of alkyl halides is 3. The molecule has 1 spiro atoms. The van der Waals surface area contributed by atoms with E-state index in [1.165, 1.54) is 23.1 Å². The van der Waals surface area contributed by atoms with E-state index < -0.39 is 45.7 Å². The van der Waals surface area contributed by atoms with Crippen LogP contribution in [-0.4, -0.2) is 32.3 Å². The highest BCUT2D eigenvalue weighted by atomic mass is 32.2. The minimum absolute atomic E-state index is 0.0681. The van der Waals surface area contributed by atoms with Crippen LogP contribution in [0, 0.1) is 23.1 Å². The van der Waals surface area contributed by atoms with E-state index in [4.69, 9.17) is 17.5 Å². The SMILES string of the molecule is CC(C)CNS(=O)c1ccc(N2C(=S)N(c3cnc(C#N)c(C(F)(F)F)c3)C(=O)C23CCC3)cc1F. The lowest BCUT2D eigenvalue weighted by Crippen LogP contribution is -2.55. The van der Waals surface area contributed by atoms with Gasteiger partial charge in [0.05, 0.1) is 22.3 Å². The van der Waals surface area contributed by atoms with Crippen molar-refractivity contribution in [2.75, 3.05) is 16.3 Å². The predicted octanol–water partition coefficient (Wildman–Crippen LogP) is 4.44. The molecule has 1 aromatic heterocycles. The third-order valence-electron chi connectivity index (χ3n) is 6.13. The average molecular weight is 540 g/mol. The number of halogens is 4. The molecule has 1 atom stereocenters. The number of rotatable bonds is 6. The summed E-state index contributed by atoms with van der Waals surface area (Å²) in [6.45, 7) is 4.24. The topological polar surface area (TPSA) is 89.3 Å².